The molecule has 0 aromatic heterocycles. The minimum Gasteiger partial charge on any atom is -0.379 e. The molecule has 1 aliphatic rings. The second-order valence-corrected chi connectivity index (χ2v) is 18.5. The van der Waals surface area contributed by atoms with E-state index < -0.39 is 68.9 Å². The highest BCUT2D eigenvalue weighted by molar-refractivity contribution is 7.90. The second-order valence-electron chi connectivity index (χ2n) is 14.1. The largest absolute Gasteiger partial charge is 0.379 e. The summed E-state index contributed by atoms with van der Waals surface area (Å²) in [6.45, 7) is 15.0. The third kappa shape index (κ3) is 22.8. The van der Waals surface area contributed by atoms with Crippen molar-refractivity contribution in [2.75, 3.05) is 76.9 Å². The van der Waals surface area contributed by atoms with Crippen molar-refractivity contribution in [3.8, 4) is 0 Å². The maximum absolute atomic E-state index is 12.8. The quantitative estimate of drug-likeness (QED) is 0.0553. The van der Waals surface area contributed by atoms with Gasteiger partial charge in [-0.25, -0.2) is 16.8 Å². The number of sulfone groups is 2. The van der Waals surface area contributed by atoms with Crippen molar-refractivity contribution < 1.29 is 59.5 Å². The van der Waals surface area contributed by atoms with Crippen LogP contribution >= 0.6 is 0 Å². The predicted octanol–water partition coefficient (Wildman–Crippen LogP) is 5.90. The first-order chi connectivity index (χ1) is 25.3. The molecule has 0 spiro atoms. The van der Waals surface area contributed by atoms with Crippen molar-refractivity contribution >= 4 is 19.7 Å². The smallest absolute Gasteiger partial charge is 0.190 e. The third-order valence-corrected chi connectivity index (χ3v) is 10.5. The fraction of sp³-hybridized carbons (Fsp3) is 1.00. The van der Waals surface area contributed by atoms with Crippen molar-refractivity contribution in [3.05, 3.63) is 0 Å². The van der Waals surface area contributed by atoms with E-state index in [0.717, 1.165) is 89.6 Å². The van der Waals surface area contributed by atoms with Crippen LogP contribution in [-0.2, 0) is 62.3 Å². The van der Waals surface area contributed by atoms with Gasteiger partial charge in [-0.1, -0.05) is 80.1 Å². The highest BCUT2D eigenvalue weighted by Gasteiger charge is 2.51. The van der Waals surface area contributed by atoms with Crippen molar-refractivity contribution in [1.29, 1.82) is 0 Å². The van der Waals surface area contributed by atoms with Crippen molar-refractivity contribution in [2.24, 2.45) is 0 Å². The van der Waals surface area contributed by atoms with E-state index in [4.69, 9.17) is 42.6 Å². The molecular weight excluding hydrogens is 729 g/mol. The van der Waals surface area contributed by atoms with E-state index in [1.807, 2.05) is 0 Å². The zero-order valence-corrected chi connectivity index (χ0v) is 35.9. The number of ether oxygens (including phenoxy) is 9. The van der Waals surface area contributed by atoms with Gasteiger partial charge >= 0.3 is 0 Å². The summed E-state index contributed by atoms with van der Waals surface area (Å²) in [4.78, 5) is 0. The maximum atomic E-state index is 12.8. The summed E-state index contributed by atoms with van der Waals surface area (Å²) in [5.41, 5.74) is 0. The van der Waals surface area contributed by atoms with E-state index in [-0.39, 0.29) is 24.7 Å². The summed E-state index contributed by atoms with van der Waals surface area (Å²) in [5.74, 6) is -0.583. The van der Waals surface area contributed by atoms with Gasteiger partial charge in [-0.15, -0.1) is 0 Å². The molecule has 0 bridgehead atoms. The van der Waals surface area contributed by atoms with Gasteiger partial charge in [0.15, 0.2) is 12.6 Å². The Labute approximate surface area is 323 Å². The third-order valence-electron chi connectivity index (χ3n) is 8.68. The fourth-order valence-electron chi connectivity index (χ4n) is 5.53. The van der Waals surface area contributed by atoms with E-state index >= 15 is 0 Å². The van der Waals surface area contributed by atoms with Crippen molar-refractivity contribution in [3.63, 3.8) is 0 Å². The van der Waals surface area contributed by atoms with Crippen LogP contribution in [0.15, 0.2) is 0 Å². The Morgan fingerprint density at radius 3 is 1.57 bits per heavy atom. The molecule has 0 aliphatic carbocycles. The second kappa shape index (κ2) is 29.7. The minimum absolute atomic E-state index is 0.185. The lowest BCUT2D eigenvalue weighted by molar-refractivity contribution is -0.361. The summed E-state index contributed by atoms with van der Waals surface area (Å²) >= 11 is 0. The molecule has 8 atom stereocenters. The highest BCUT2D eigenvalue weighted by atomic mass is 32.2. The van der Waals surface area contributed by atoms with E-state index in [2.05, 4.69) is 41.5 Å². The van der Waals surface area contributed by atoms with Gasteiger partial charge in [-0.05, 0) is 38.5 Å². The monoisotopic (exact) mass is 804 g/mol. The van der Waals surface area contributed by atoms with Crippen LogP contribution in [0, 0.1) is 0 Å². The van der Waals surface area contributed by atoms with Crippen LogP contribution in [0.5, 0.6) is 0 Å². The summed E-state index contributed by atoms with van der Waals surface area (Å²) in [6, 6.07) is 0. The fourth-order valence-corrected chi connectivity index (χ4v) is 6.79. The minimum atomic E-state index is -3.55. The molecule has 1 aliphatic heterocycles. The normalized spacial score (nSPS) is 22.9. The van der Waals surface area contributed by atoms with Gasteiger partial charge in [0.2, 0.25) is 0 Å². The molecular formula is C38H76O13S2. The molecule has 4 unspecified atom stereocenters. The van der Waals surface area contributed by atoms with E-state index in [0.29, 0.717) is 39.6 Å². The van der Waals surface area contributed by atoms with Crippen LogP contribution in [0.4, 0.5) is 0 Å². The van der Waals surface area contributed by atoms with Gasteiger partial charge in [0, 0.05) is 52.2 Å². The van der Waals surface area contributed by atoms with Crippen molar-refractivity contribution in [2.45, 2.75) is 168 Å². The lowest BCUT2D eigenvalue weighted by atomic mass is 9.98. The lowest BCUT2D eigenvalue weighted by Crippen LogP contribution is -2.63. The van der Waals surface area contributed by atoms with Crippen LogP contribution in [0.3, 0.4) is 0 Å². The Bertz CT molecular complexity index is 1080. The molecule has 0 amide bonds. The van der Waals surface area contributed by atoms with E-state index in [9.17, 15) is 16.8 Å². The highest BCUT2D eigenvalue weighted by Crippen LogP contribution is 2.32. The maximum Gasteiger partial charge on any atom is 0.190 e. The number of hydrogen-bond donors (Lipinski definition) is 0. The summed E-state index contributed by atoms with van der Waals surface area (Å²) in [7, 11) is -6.93. The molecule has 1 fully saturated rings. The number of rotatable bonds is 35. The summed E-state index contributed by atoms with van der Waals surface area (Å²) in [5, 5.41) is 0. The summed E-state index contributed by atoms with van der Waals surface area (Å²) < 4.78 is 108. The van der Waals surface area contributed by atoms with Gasteiger partial charge in [-0.2, -0.15) is 0 Å². The molecule has 0 saturated carbocycles. The van der Waals surface area contributed by atoms with Gasteiger partial charge < -0.3 is 42.6 Å². The first kappa shape index (κ1) is 50.6. The van der Waals surface area contributed by atoms with E-state index in [1.54, 1.807) is 0 Å². The average Bonchev–Trinajstić information content (AvgIpc) is 3.09. The van der Waals surface area contributed by atoms with Crippen LogP contribution in [0.2, 0.25) is 0 Å². The Balaban J connectivity index is 3.80. The number of hydrogen-bond acceptors (Lipinski definition) is 13. The molecule has 1 saturated heterocycles. The van der Waals surface area contributed by atoms with Crippen LogP contribution in [0.1, 0.15) is 119 Å². The van der Waals surface area contributed by atoms with Gasteiger partial charge in [0.25, 0.3) is 0 Å². The SMILES string of the molecule is CCCCOCC(OCCCC)C(OCCCC)[C@@H](OCCS(C)(=O)=O)O[C@@H]1OC(CS(C)(=O)=O)[C@@H](OCCCC)[C@@H](OCCCC)C1OCCCC. The topological polar surface area (TPSA) is 151 Å². The standard InChI is InChI=1S/C38H76O13S2/c1-9-15-21-43-29-31(44-22-16-10-2)34(46-24-18-12-4)37(49-27-28-52(7,39)40)51-38-36(48-26-20-14-6)35(47-25-19-13-5)33(45-23-17-11-3)32(50-38)30-53(8,41)42/h31-38H,9-30H2,1-8H3/t31?,32?,33-,34?,35-,36?,37+,38+/m1/s1. The lowest BCUT2D eigenvalue weighted by Gasteiger charge is -2.47. The number of unbranched alkanes of at least 4 members (excludes halogenated alkanes) is 6. The molecule has 15 heteroatoms. The zero-order chi connectivity index (χ0) is 39.5. The first-order valence-corrected chi connectivity index (χ1v) is 24.4. The Morgan fingerprint density at radius 1 is 0.547 bits per heavy atom. The molecule has 0 aromatic carbocycles. The van der Waals surface area contributed by atoms with Gasteiger partial charge in [-0.3, -0.25) is 0 Å². The summed E-state index contributed by atoms with van der Waals surface area (Å²) in [6.07, 6.45) is 5.38. The van der Waals surface area contributed by atoms with Gasteiger partial charge in [0.05, 0.1) is 24.7 Å². The van der Waals surface area contributed by atoms with Gasteiger partial charge in [0.1, 0.15) is 56.3 Å². The van der Waals surface area contributed by atoms with Crippen LogP contribution in [0.25, 0.3) is 0 Å². The molecule has 13 nitrogen and oxygen atoms in total. The Morgan fingerprint density at radius 2 is 1.04 bits per heavy atom. The molecule has 0 radical (unpaired) electrons. The molecule has 1 rings (SSSR count). The van der Waals surface area contributed by atoms with Crippen LogP contribution in [-0.4, -0.2) is 143 Å². The molecule has 1 heterocycles. The average molecular weight is 805 g/mol. The Kier molecular flexibility index (Phi) is 28.4. The van der Waals surface area contributed by atoms with Crippen LogP contribution < -0.4 is 0 Å². The zero-order valence-electron chi connectivity index (χ0n) is 34.3. The molecule has 0 aromatic rings. The van der Waals surface area contributed by atoms with E-state index in [1.165, 1.54) is 0 Å². The first-order valence-electron chi connectivity index (χ1n) is 20.3. The predicted molar refractivity (Wildman–Crippen MR) is 208 cm³/mol. The van der Waals surface area contributed by atoms with Crippen molar-refractivity contribution in [1.82, 2.24) is 0 Å². The molecule has 53 heavy (non-hydrogen) atoms. The molecule has 318 valence electrons. The Hall–Kier alpha value is -0.460. The molecule has 0 N–H and O–H groups in total.